The number of benzene rings is 2. The Morgan fingerprint density at radius 3 is 2.13 bits per heavy atom. The van der Waals surface area contributed by atoms with Crippen LogP contribution in [0.2, 0.25) is 0 Å². The first kappa shape index (κ1) is 32.2. The molecule has 246 valence electrons. The highest BCUT2D eigenvalue weighted by molar-refractivity contribution is 6.03. The Hall–Kier alpha value is -3.80. The molecule has 0 spiro atoms. The van der Waals surface area contributed by atoms with Crippen LogP contribution in [-0.4, -0.2) is 66.1 Å². The third-order valence-corrected chi connectivity index (χ3v) is 9.17. The number of hydrogen-bond donors (Lipinski definition) is 0. The second-order valence-electron chi connectivity index (χ2n) is 12.3. The number of fused-ring (bicyclic) bond motifs is 1. The van der Waals surface area contributed by atoms with E-state index >= 15 is 0 Å². The van der Waals surface area contributed by atoms with Gasteiger partial charge < -0.3 is 19.4 Å². The zero-order chi connectivity index (χ0) is 32.6. The number of amides is 1. The fourth-order valence-electron chi connectivity index (χ4n) is 6.77. The first-order chi connectivity index (χ1) is 21.9. The lowest BCUT2D eigenvalue weighted by atomic mass is 9.98. The third kappa shape index (κ3) is 6.82. The Morgan fingerprint density at radius 2 is 1.50 bits per heavy atom. The number of alkyl halides is 6. The summed E-state index contributed by atoms with van der Waals surface area (Å²) in [4.78, 5) is 25.3. The fourth-order valence-corrected chi connectivity index (χ4v) is 6.77. The monoisotopic (exact) mass is 646 g/mol. The molecule has 0 bridgehead atoms. The highest BCUT2D eigenvalue weighted by Crippen LogP contribution is 2.39. The molecule has 2 aromatic carbocycles. The topological polar surface area (TPSA) is 48.9 Å². The van der Waals surface area contributed by atoms with E-state index in [1.807, 2.05) is 31.2 Å². The van der Waals surface area contributed by atoms with Gasteiger partial charge in [0.05, 0.1) is 23.4 Å². The van der Waals surface area contributed by atoms with E-state index in [1.54, 1.807) is 6.07 Å². The number of likely N-dealkylation sites (tertiary alicyclic amines) is 1. The van der Waals surface area contributed by atoms with E-state index < -0.39 is 35.9 Å². The predicted octanol–water partition coefficient (Wildman–Crippen LogP) is 7.58. The highest BCUT2D eigenvalue weighted by Gasteiger charge is 2.38. The maximum Gasteiger partial charge on any atom is 0.416 e. The summed E-state index contributed by atoms with van der Waals surface area (Å²) in [6.45, 7) is 5.58. The Morgan fingerprint density at radius 1 is 0.848 bits per heavy atom. The average molecular weight is 647 g/mol. The van der Waals surface area contributed by atoms with Crippen molar-refractivity contribution >= 4 is 11.7 Å². The molecule has 3 aliphatic heterocycles. The smallest absolute Gasteiger partial charge is 0.416 e. The number of aromatic nitrogens is 1. The van der Waals surface area contributed by atoms with Gasteiger partial charge in [-0.05, 0) is 81.4 Å². The zero-order valence-corrected chi connectivity index (χ0v) is 25.6. The summed E-state index contributed by atoms with van der Waals surface area (Å²) in [5.74, 6) is 0.412. The summed E-state index contributed by atoms with van der Waals surface area (Å²) in [6, 6.07) is 11.2. The lowest BCUT2D eigenvalue weighted by Crippen LogP contribution is -2.44. The van der Waals surface area contributed by atoms with E-state index in [0.717, 1.165) is 44.6 Å². The van der Waals surface area contributed by atoms with Crippen LogP contribution in [-0.2, 0) is 18.9 Å². The van der Waals surface area contributed by atoms with Crippen LogP contribution in [0, 0.1) is 6.92 Å². The van der Waals surface area contributed by atoms with Crippen LogP contribution in [0.25, 0.3) is 11.3 Å². The second-order valence-corrected chi connectivity index (χ2v) is 12.3. The van der Waals surface area contributed by atoms with Gasteiger partial charge in [0.25, 0.3) is 5.91 Å². The number of hydrogen-bond acceptors (Lipinski definition) is 5. The molecule has 0 saturated carbocycles. The molecule has 0 unspecified atom stereocenters. The molecular weight excluding hydrogens is 610 g/mol. The summed E-state index contributed by atoms with van der Waals surface area (Å²) in [5, 5.41) is 0. The van der Waals surface area contributed by atoms with Crippen molar-refractivity contribution in [3.8, 4) is 17.0 Å². The number of aryl methyl sites for hydroxylation is 1. The minimum atomic E-state index is -4.99. The van der Waals surface area contributed by atoms with Crippen molar-refractivity contribution in [3.63, 3.8) is 0 Å². The predicted molar refractivity (Wildman–Crippen MR) is 162 cm³/mol. The van der Waals surface area contributed by atoms with E-state index in [2.05, 4.69) is 9.80 Å². The SMILES string of the molecule is Cc1ccccc1-c1nc(N2CCC(N3CCCC3)CC2)cc2c1C(=O)N(Cc1cc(C(F)(F)F)cc(C(F)(F)F)c1)CCCO2. The van der Waals surface area contributed by atoms with Crippen LogP contribution >= 0.6 is 0 Å². The van der Waals surface area contributed by atoms with Crippen molar-refractivity contribution in [2.45, 2.75) is 64.0 Å². The molecule has 0 aliphatic carbocycles. The van der Waals surface area contributed by atoms with Crippen molar-refractivity contribution in [1.29, 1.82) is 0 Å². The van der Waals surface area contributed by atoms with Gasteiger partial charge in [0.1, 0.15) is 17.1 Å². The summed E-state index contributed by atoms with van der Waals surface area (Å²) < 4.78 is 87.7. The lowest BCUT2D eigenvalue weighted by molar-refractivity contribution is -0.143. The van der Waals surface area contributed by atoms with Gasteiger partial charge in [-0.15, -0.1) is 0 Å². The summed E-state index contributed by atoms with van der Waals surface area (Å²) in [7, 11) is 0. The fraction of sp³-hybridized carbons (Fsp3) is 0.471. The minimum Gasteiger partial charge on any atom is -0.492 e. The number of carbonyl (C=O) groups is 1. The first-order valence-corrected chi connectivity index (χ1v) is 15.7. The van der Waals surface area contributed by atoms with E-state index in [4.69, 9.17) is 9.72 Å². The average Bonchev–Trinajstić information content (AvgIpc) is 3.56. The van der Waals surface area contributed by atoms with Crippen molar-refractivity contribution in [1.82, 2.24) is 14.8 Å². The van der Waals surface area contributed by atoms with Gasteiger partial charge in [-0.1, -0.05) is 24.3 Å². The van der Waals surface area contributed by atoms with Crippen LogP contribution in [0.1, 0.15) is 64.7 Å². The molecule has 1 aromatic heterocycles. The van der Waals surface area contributed by atoms with Gasteiger partial charge in [0.2, 0.25) is 0 Å². The van der Waals surface area contributed by atoms with Gasteiger partial charge >= 0.3 is 12.4 Å². The van der Waals surface area contributed by atoms with Gasteiger partial charge in [-0.25, -0.2) is 4.98 Å². The number of carbonyl (C=O) groups excluding carboxylic acids is 1. The summed E-state index contributed by atoms with van der Waals surface area (Å²) in [5.41, 5.74) is -1.01. The van der Waals surface area contributed by atoms with E-state index in [-0.39, 0.29) is 30.3 Å². The Bertz CT molecular complexity index is 1540. The van der Waals surface area contributed by atoms with Crippen LogP contribution in [0.5, 0.6) is 5.75 Å². The molecular formula is C34H36F6N4O2. The number of piperidine rings is 1. The molecule has 3 aliphatic rings. The maximum absolute atomic E-state index is 14.3. The van der Waals surface area contributed by atoms with Crippen LogP contribution in [0.3, 0.4) is 0 Å². The number of rotatable bonds is 5. The molecule has 3 aromatic rings. The van der Waals surface area contributed by atoms with Crippen LogP contribution in [0.4, 0.5) is 32.2 Å². The van der Waals surface area contributed by atoms with Crippen molar-refractivity contribution in [2.24, 2.45) is 0 Å². The zero-order valence-electron chi connectivity index (χ0n) is 25.6. The number of halogens is 6. The minimum absolute atomic E-state index is 0.0782. The highest BCUT2D eigenvalue weighted by atomic mass is 19.4. The number of pyridine rings is 1. The lowest BCUT2D eigenvalue weighted by Gasteiger charge is -2.37. The molecule has 46 heavy (non-hydrogen) atoms. The molecule has 0 N–H and O–H groups in total. The Kier molecular flexibility index (Phi) is 8.93. The first-order valence-electron chi connectivity index (χ1n) is 15.7. The van der Waals surface area contributed by atoms with Gasteiger partial charge in [0, 0.05) is 43.9 Å². The van der Waals surface area contributed by atoms with Gasteiger partial charge in [0.15, 0.2) is 0 Å². The second kappa shape index (κ2) is 12.8. The van der Waals surface area contributed by atoms with Crippen molar-refractivity contribution in [3.05, 3.63) is 76.3 Å². The number of anilines is 1. The molecule has 2 saturated heterocycles. The Balaban J connectivity index is 1.37. The molecule has 4 heterocycles. The van der Waals surface area contributed by atoms with Crippen LogP contribution < -0.4 is 9.64 Å². The molecule has 6 rings (SSSR count). The number of ether oxygens (including phenoxy) is 1. The molecule has 12 heteroatoms. The van der Waals surface area contributed by atoms with E-state index in [0.29, 0.717) is 47.4 Å². The normalized spacial score (nSPS) is 18.7. The molecule has 0 atom stereocenters. The van der Waals surface area contributed by atoms with E-state index in [1.165, 1.54) is 17.7 Å². The summed E-state index contributed by atoms with van der Waals surface area (Å²) >= 11 is 0. The quantitative estimate of drug-likeness (QED) is 0.268. The molecule has 1 amide bonds. The third-order valence-electron chi connectivity index (χ3n) is 9.17. The Labute approximate surface area is 263 Å². The van der Waals surface area contributed by atoms with Crippen molar-refractivity contribution < 1.29 is 35.9 Å². The summed E-state index contributed by atoms with van der Waals surface area (Å²) in [6.07, 6.45) is -5.20. The van der Waals surface area contributed by atoms with Crippen molar-refractivity contribution in [2.75, 3.05) is 44.2 Å². The molecule has 0 radical (unpaired) electrons. The van der Waals surface area contributed by atoms with Gasteiger partial charge in [-0.2, -0.15) is 26.3 Å². The number of nitrogens with zero attached hydrogens (tertiary/aromatic N) is 4. The molecule has 6 nitrogen and oxygen atoms in total. The standard InChI is InChI=1S/C34H36F6N4O2/c1-22-7-2-3-8-27(22)31-30-28(20-29(41-31)43-14-9-26(10-15-43)42-11-4-5-12-42)46-16-6-13-44(32(30)45)21-23-17-24(33(35,36)37)19-25(18-23)34(38,39)40/h2-3,7-8,17-20,26H,4-6,9-16,21H2,1H3. The molecule has 2 fully saturated rings. The van der Waals surface area contributed by atoms with Crippen LogP contribution in [0.15, 0.2) is 48.5 Å². The van der Waals surface area contributed by atoms with Gasteiger partial charge in [-0.3, -0.25) is 4.79 Å². The van der Waals surface area contributed by atoms with E-state index in [9.17, 15) is 31.1 Å². The maximum atomic E-state index is 14.3. The largest absolute Gasteiger partial charge is 0.492 e.